The van der Waals surface area contributed by atoms with Crippen LogP contribution in [-0.4, -0.2) is 19.4 Å². The van der Waals surface area contributed by atoms with Crippen LogP contribution in [0.4, 0.5) is 5.82 Å². The molecular formula is C14H16N4O2S. The summed E-state index contributed by atoms with van der Waals surface area (Å²) in [7, 11) is -3.54. The Balaban J connectivity index is 1.70. The molecule has 0 radical (unpaired) electrons. The molecule has 1 aromatic heterocycles. The molecule has 2 unspecified atom stereocenters. The molecule has 6 nitrogen and oxygen atoms in total. The average molecular weight is 304 g/mol. The fraction of sp³-hybridized carbons (Fsp3) is 0.214. The van der Waals surface area contributed by atoms with Crippen LogP contribution in [0.1, 0.15) is 17.9 Å². The van der Waals surface area contributed by atoms with Crippen LogP contribution in [0.5, 0.6) is 0 Å². The van der Waals surface area contributed by atoms with Crippen molar-refractivity contribution in [3.05, 3.63) is 54.2 Å². The molecule has 0 bridgehead atoms. The van der Waals surface area contributed by atoms with E-state index in [0.717, 1.165) is 12.0 Å². The molecule has 1 aliphatic carbocycles. The monoisotopic (exact) mass is 304 g/mol. The number of aromatic nitrogens is 1. The first kappa shape index (κ1) is 14.0. The first-order valence-electron chi connectivity index (χ1n) is 6.60. The van der Waals surface area contributed by atoms with Crippen LogP contribution in [0.3, 0.4) is 0 Å². The molecule has 0 aliphatic heterocycles. The smallest absolute Gasteiger partial charge is 0.242 e. The lowest BCUT2D eigenvalue weighted by Gasteiger charge is -2.07. The van der Waals surface area contributed by atoms with Crippen molar-refractivity contribution < 1.29 is 8.42 Å². The number of nitrogens with one attached hydrogen (secondary N) is 2. The van der Waals surface area contributed by atoms with Gasteiger partial charge >= 0.3 is 0 Å². The Kier molecular flexibility index (Phi) is 3.62. The molecule has 1 heterocycles. The fourth-order valence-electron chi connectivity index (χ4n) is 2.29. The number of nitrogens with two attached hydrogens (primary N) is 1. The second-order valence-electron chi connectivity index (χ2n) is 5.00. The summed E-state index contributed by atoms with van der Waals surface area (Å²) in [5, 5.41) is 0. The molecule has 110 valence electrons. The van der Waals surface area contributed by atoms with E-state index in [2.05, 4.69) is 15.1 Å². The van der Waals surface area contributed by atoms with E-state index in [-0.39, 0.29) is 16.9 Å². The highest BCUT2D eigenvalue weighted by Crippen LogP contribution is 2.41. The molecule has 0 amide bonds. The van der Waals surface area contributed by atoms with Crippen molar-refractivity contribution in [1.82, 2.24) is 9.71 Å². The Morgan fingerprint density at radius 1 is 1.14 bits per heavy atom. The molecule has 3 rings (SSSR count). The van der Waals surface area contributed by atoms with Crippen LogP contribution < -0.4 is 16.0 Å². The Hall–Kier alpha value is -1.96. The lowest BCUT2D eigenvalue weighted by atomic mass is 10.1. The number of hydrazine groups is 1. The van der Waals surface area contributed by atoms with Crippen molar-refractivity contribution in [3.8, 4) is 0 Å². The lowest BCUT2D eigenvalue weighted by molar-refractivity contribution is 0.579. The number of nitrogen functional groups attached to an aromatic ring is 1. The van der Waals surface area contributed by atoms with Crippen molar-refractivity contribution in [2.24, 2.45) is 5.84 Å². The van der Waals surface area contributed by atoms with Gasteiger partial charge in [0.2, 0.25) is 10.0 Å². The van der Waals surface area contributed by atoms with Crippen LogP contribution in [0, 0.1) is 0 Å². The van der Waals surface area contributed by atoms with Gasteiger partial charge in [-0.1, -0.05) is 30.3 Å². The Morgan fingerprint density at radius 2 is 1.90 bits per heavy atom. The summed E-state index contributed by atoms with van der Waals surface area (Å²) in [5.74, 6) is 5.87. The summed E-state index contributed by atoms with van der Waals surface area (Å²) in [5.41, 5.74) is 3.52. The van der Waals surface area contributed by atoms with Crippen LogP contribution in [0.25, 0.3) is 0 Å². The highest BCUT2D eigenvalue weighted by Gasteiger charge is 2.41. The van der Waals surface area contributed by atoms with Gasteiger partial charge in [-0.3, -0.25) is 0 Å². The maximum atomic E-state index is 12.3. The molecule has 1 aromatic carbocycles. The van der Waals surface area contributed by atoms with Crippen molar-refractivity contribution in [2.45, 2.75) is 23.3 Å². The van der Waals surface area contributed by atoms with Gasteiger partial charge in [-0.2, -0.15) is 0 Å². The summed E-state index contributed by atoms with van der Waals surface area (Å²) < 4.78 is 27.2. The normalized spacial score (nSPS) is 21.0. The second-order valence-corrected chi connectivity index (χ2v) is 6.72. The van der Waals surface area contributed by atoms with Crippen molar-refractivity contribution >= 4 is 15.8 Å². The van der Waals surface area contributed by atoms with Gasteiger partial charge in [0, 0.05) is 18.2 Å². The van der Waals surface area contributed by atoms with E-state index in [1.54, 1.807) is 0 Å². The van der Waals surface area contributed by atoms with Gasteiger partial charge in [-0.05, 0) is 24.1 Å². The Morgan fingerprint density at radius 3 is 2.52 bits per heavy atom. The number of anilines is 1. The van der Waals surface area contributed by atoms with Gasteiger partial charge in [0.05, 0.1) is 0 Å². The third kappa shape index (κ3) is 3.05. The first-order chi connectivity index (χ1) is 10.1. The number of pyridine rings is 1. The van der Waals surface area contributed by atoms with E-state index in [1.165, 1.54) is 18.3 Å². The van der Waals surface area contributed by atoms with Crippen molar-refractivity contribution in [1.29, 1.82) is 0 Å². The fourth-order valence-corrected chi connectivity index (χ4v) is 3.52. The van der Waals surface area contributed by atoms with Crippen LogP contribution in [-0.2, 0) is 10.0 Å². The molecule has 7 heteroatoms. The summed E-state index contributed by atoms with van der Waals surface area (Å²) in [4.78, 5) is 4.05. The van der Waals surface area contributed by atoms with Crippen molar-refractivity contribution in [3.63, 3.8) is 0 Å². The minimum Gasteiger partial charge on any atom is -0.308 e. The van der Waals surface area contributed by atoms with E-state index in [1.807, 2.05) is 30.3 Å². The molecule has 0 saturated heterocycles. The third-order valence-electron chi connectivity index (χ3n) is 3.52. The highest BCUT2D eigenvalue weighted by molar-refractivity contribution is 7.89. The minimum atomic E-state index is -3.54. The van der Waals surface area contributed by atoms with E-state index in [4.69, 9.17) is 5.84 Å². The van der Waals surface area contributed by atoms with Crippen LogP contribution in [0.2, 0.25) is 0 Å². The summed E-state index contributed by atoms with van der Waals surface area (Å²) in [6.45, 7) is 0. The Bertz CT molecular complexity index is 716. The van der Waals surface area contributed by atoms with E-state index in [9.17, 15) is 8.42 Å². The van der Waals surface area contributed by atoms with Gasteiger partial charge in [-0.25, -0.2) is 24.0 Å². The molecule has 2 aromatic rings. The standard InChI is InChI=1S/C14H16N4O2S/c15-17-14-7-6-11(9-16-14)21(19,20)18-13-8-12(13)10-4-2-1-3-5-10/h1-7,9,12-13,18H,8,15H2,(H,16,17). The molecule has 4 N–H and O–H groups in total. The van der Waals surface area contributed by atoms with Crippen LogP contribution in [0.15, 0.2) is 53.6 Å². The topological polar surface area (TPSA) is 97.1 Å². The van der Waals surface area contributed by atoms with E-state index in [0.29, 0.717) is 5.82 Å². The largest absolute Gasteiger partial charge is 0.308 e. The number of hydrogen-bond donors (Lipinski definition) is 3. The quantitative estimate of drug-likeness (QED) is 0.570. The molecule has 1 fully saturated rings. The maximum absolute atomic E-state index is 12.3. The SMILES string of the molecule is NNc1ccc(S(=O)(=O)NC2CC2c2ccccc2)cn1. The number of rotatable bonds is 5. The molecule has 2 atom stereocenters. The van der Waals surface area contributed by atoms with Gasteiger partial charge in [0.25, 0.3) is 0 Å². The molecule has 1 saturated carbocycles. The van der Waals surface area contributed by atoms with Gasteiger partial charge in [0.1, 0.15) is 10.7 Å². The number of hydrogen-bond acceptors (Lipinski definition) is 5. The molecule has 1 aliphatic rings. The zero-order valence-corrected chi connectivity index (χ0v) is 12.0. The van der Waals surface area contributed by atoms with E-state index < -0.39 is 10.0 Å². The van der Waals surface area contributed by atoms with Gasteiger partial charge in [-0.15, -0.1) is 0 Å². The Labute approximate surface area is 123 Å². The van der Waals surface area contributed by atoms with Crippen molar-refractivity contribution in [2.75, 3.05) is 5.43 Å². The molecule has 21 heavy (non-hydrogen) atoms. The summed E-state index contributed by atoms with van der Waals surface area (Å²) in [6, 6.07) is 12.8. The predicted octanol–water partition coefficient (Wildman–Crippen LogP) is 1.20. The van der Waals surface area contributed by atoms with Crippen LogP contribution >= 0.6 is 0 Å². The average Bonchev–Trinajstić information content (AvgIpc) is 3.26. The highest BCUT2D eigenvalue weighted by atomic mass is 32.2. The zero-order chi connectivity index (χ0) is 14.9. The zero-order valence-electron chi connectivity index (χ0n) is 11.2. The van der Waals surface area contributed by atoms with E-state index >= 15 is 0 Å². The van der Waals surface area contributed by atoms with Gasteiger partial charge < -0.3 is 5.43 Å². The number of nitrogens with zero attached hydrogens (tertiary/aromatic N) is 1. The predicted molar refractivity (Wildman–Crippen MR) is 80.0 cm³/mol. The summed E-state index contributed by atoms with van der Waals surface area (Å²) >= 11 is 0. The number of benzene rings is 1. The first-order valence-corrected chi connectivity index (χ1v) is 8.08. The maximum Gasteiger partial charge on any atom is 0.242 e. The lowest BCUT2D eigenvalue weighted by Crippen LogP contribution is -2.27. The third-order valence-corrected chi connectivity index (χ3v) is 4.99. The molecule has 0 spiro atoms. The van der Waals surface area contributed by atoms with Gasteiger partial charge in [0.15, 0.2) is 0 Å². The summed E-state index contributed by atoms with van der Waals surface area (Å²) in [6.07, 6.45) is 2.11. The minimum absolute atomic E-state index is 0.0512. The second kappa shape index (κ2) is 5.44. The molecular weight excluding hydrogens is 288 g/mol. The number of sulfonamides is 1.